The Balaban J connectivity index is 2.29. The Bertz CT molecular complexity index is 370. The first-order valence-electron chi connectivity index (χ1n) is 5.32. The minimum atomic E-state index is 0.348. The van der Waals surface area contributed by atoms with Crippen LogP contribution in [-0.2, 0) is 0 Å². The molecule has 0 unspecified atom stereocenters. The number of aromatic nitrogens is 1. The van der Waals surface area contributed by atoms with Crippen LogP contribution in [0.3, 0.4) is 0 Å². The normalized spacial score (nSPS) is 15.4. The number of carbonyl (C=O) groups is 1. The molecule has 80 valence electrons. The van der Waals surface area contributed by atoms with Crippen molar-refractivity contribution in [3.05, 3.63) is 23.5 Å². The van der Waals surface area contributed by atoms with Crippen LogP contribution in [0.2, 0.25) is 0 Å². The van der Waals surface area contributed by atoms with Crippen molar-refractivity contribution in [2.45, 2.75) is 38.7 Å². The van der Waals surface area contributed by atoms with Gasteiger partial charge in [-0.05, 0) is 24.8 Å². The lowest BCUT2D eigenvalue weighted by atomic mass is 10.0. The summed E-state index contributed by atoms with van der Waals surface area (Å²) in [6, 6.07) is 1.81. The Morgan fingerprint density at radius 2 is 2.27 bits per heavy atom. The van der Waals surface area contributed by atoms with Crippen molar-refractivity contribution in [2.24, 2.45) is 0 Å². The molecule has 1 aromatic heterocycles. The zero-order valence-electron chi connectivity index (χ0n) is 9.06. The predicted molar refractivity (Wildman–Crippen MR) is 57.4 cm³/mol. The molecular formula is C12H15NO2. The molecule has 0 aliphatic heterocycles. The summed E-state index contributed by atoms with van der Waals surface area (Å²) in [7, 11) is 0. The number of hydrogen-bond donors (Lipinski definition) is 0. The molecule has 0 amide bonds. The van der Waals surface area contributed by atoms with Crippen LogP contribution in [-0.4, -0.2) is 17.4 Å². The fourth-order valence-corrected chi connectivity index (χ4v) is 1.45. The van der Waals surface area contributed by atoms with Crippen LogP contribution in [0.5, 0.6) is 5.75 Å². The first-order chi connectivity index (χ1) is 7.20. The van der Waals surface area contributed by atoms with Gasteiger partial charge in [0, 0.05) is 5.56 Å². The van der Waals surface area contributed by atoms with Crippen LogP contribution in [0.25, 0.3) is 0 Å². The van der Waals surface area contributed by atoms with E-state index in [4.69, 9.17) is 4.74 Å². The summed E-state index contributed by atoms with van der Waals surface area (Å²) >= 11 is 0. The van der Waals surface area contributed by atoms with Gasteiger partial charge in [0.2, 0.25) is 0 Å². The van der Waals surface area contributed by atoms with Crippen LogP contribution in [0, 0.1) is 0 Å². The third kappa shape index (κ3) is 2.35. The highest BCUT2D eigenvalue weighted by Gasteiger charge is 2.25. The van der Waals surface area contributed by atoms with Gasteiger partial charge in [0.25, 0.3) is 0 Å². The molecule has 1 heterocycles. The molecular weight excluding hydrogens is 190 g/mol. The summed E-state index contributed by atoms with van der Waals surface area (Å²) in [5, 5.41) is 0. The summed E-state index contributed by atoms with van der Waals surface area (Å²) in [4.78, 5) is 14.7. The molecule has 1 fully saturated rings. The van der Waals surface area contributed by atoms with Crippen molar-refractivity contribution >= 4 is 6.29 Å². The van der Waals surface area contributed by atoms with E-state index in [1.54, 1.807) is 6.20 Å². The highest BCUT2D eigenvalue weighted by atomic mass is 16.5. The molecule has 0 aromatic carbocycles. The molecule has 1 aromatic rings. The van der Waals surface area contributed by atoms with E-state index in [1.807, 2.05) is 6.07 Å². The average molecular weight is 205 g/mol. The quantitative estimate of drug-likeness (QED) is 0.709. The summed E-state index contributed by atoms with van der Waals surface area (Å²) in [5.41, 5.74) is 1.54. The molecule has 0 bridgehead atoms. The largest absolute Gasteiger partial charge is 0.489 e. The Hall–Kier alpha value is -1.38. The maximum absolute atomic E-state index is 10.6. The van der Waals surface area contributed by atoms with E-state index in [1.165, 1.54) is 0 Å². The van der Waals surface area contributed by atoms with Crippen molar-refractivity contribution in [2.75, 3.05) is 0 Å². The van der Waals surface area contributed by atoms with E-state index in [0.29, 0.717) is 17.7 Å². The lowest BCUT2D eigenvalue weighted by molar-refractivity contribution is 0.111. The van der Waals surface area contributed by atoms with Gasteiger partial charge in [-0.15, -0.1) is 0 Å². The summed E-state index contributed by atoms with van der Waals surface area (Å²) in [6.07, 6.45) is 5.07. The minimum absolute atomic E-state index is 0.348. The van der Waals surface area contributed by atoms with Crippen molar-refractivity contribution in [3.63, 3.8) is 0 Å². The van der Waals surface area contributed by atoms with Crippen LogP contribution < -0.4 is 4.74 Å². The number of pyridine rings is 1. The van der Waals surface area contributed by atoms with Gasteiger partial charge < -0.3 is 4.74 Å². The van der Waals surface area contributed by atoms with Gasteiger partial charge in [-0.2, -0.15) is 0 Å². The van der Waals surface area contributed by atoms with Gasteiger partial charge in [-0.3, -0.25) is 4.79 Å². The van der Waals surface area contributed by atoms with E-state index >= 15 is 0 Å². The Morgan fingerprint density at radius 1 is 1.53 bits per heavy atom. The Labute approximate surface area is 89.5 Å². The van der Waals surface area contributed by atoms with Gasteiger partial charge in [-0.25, -0.2) is 4.98 Å². The summed E-state index contributed by atoms with van der Waals surface area (Å²) in [6.45, 7) is 4.17. The van der Waals surface area contributed by atoms with Crippen molar-refractivity contribution in [3.8, 4) is 5.75 Å². The Morgan fingerprint density at radius 3 is 2.80 bits per heavy atom. The predicted octanol–water partition coefficient (Wildman–Crippen LogP) is 2.56. The lowest BCUT2D eigenvalue weighted by Gasteiger charge is -2.13. The van der Waals surface area contributed by atoms with Crippen LogP contribution in [0.4, 0.5) is 0 Å². The van der Waals surface area contributed by atoms with Gasteiger partial charge in [0.15, 0.2) is 6.29 Å². The monoisotopic (exact) mass is 205 g/mol. The highest BCUT2D eigenvalue weighted by molar-refractivity contribution is 5.72. The SMILES string of the molecule is CC(C)c1cc(C=O)ncc1OC1CC1. The van der Waals surface area contributed by atoms with E-state index in [0.717, 1.165) is 30.4 Å². The molecule has 15 heavy (non-hydrogen) atoms. The van der Waals surface area contributed by atoms with Crippen LogP contribution in [0.15, 0.2) is 12.3 Å². The second-order valence-corrected chi connectivity index (χ2v) is 4.24. The average Bonchev–Trinajstić information content (AvgIpc) is 3.02. The number of nitrogens with zero attached hydrogens (tertiary/aromatic N) is 1. The maximum Gasteiger partial charge on any atom is 0.168 e. The number of hydrogen-bond acceptors (Lipinski definition) is 3. The van der Waals surface area contributed by atoms with Crippen molar-refractivity contribution < 1.29 is 9.53 Å². The first-order valence-corrected chi connectivity index (χ1v) is 5.32. The van der Waals surface area contributed by atoms with Gasteiger partial charge in [0.1, 0.15) is 11.4 Å². The first kappa shape index (κ1) is 10.1. The molecule has 1 saturated carbocycles. The molecule has 2 rings (SSSR count). The topological polar surface area (TPSA) is 39.2 Å². The van der Waals surface area contributed by atoms with Crippen LogP contribution in [0.1, 0.15) is 48.7 Å². The maximum atomic E-state index is 10.6. The zero-order chi connectivity index (χ0) is 10.8. The van der Waals surface area contributed by atoms with Gasteiger partial charge in [0.05, 0.1) is 12.3 Å². The summed E-state index contributed by atoms with van der Waals surface area (Å²) in [5.74, 6) is 1.18. The molecule has 0 spiro atoms. The van der Waals surface area contributed by atoms with E-state index < -0.39 is 0 Å². The fraction of sp³-hybridized carbons (Fsp3) is 0.500. The molecule has 3 heteroatoms. The van der Waals surface area contributed by atoms with Gasteiger partial charge in [-0.1, -0.05) is 13.8 Å². The standard InChI is InChI=1S/C12H15NO2/c1-8(2)11-5-9(7-14)13-6-12(11)15-10-3-4-10/h5-8,10H,3-4H2,1-2H3. The Kier molecular flexibility index (Phi) is 2.71. The van der Waals surface area contributed by atoms with Crippen molar-refractivity contribution in [1.29, 1.82) is 0 Å². The fourth-order valence-electron chi connectivity index (χ4n) is 1.45. The number of carbonyl (C=O) groups excluding carboxylic acids is 1. The van der Waals surface area contributed by atoms with E-state index in [2.05, 4.69) is 18.8 Å². The molecule has 0 N–H and O–H groups in total. The molecule has 0 atom stereocenters. The third-order valence-electron chi connectivity index (χ3n) is 2.48. The smallest absolute Gasteiger partial charge is 0.168 e. The number of aldehydes is 1. The zero-order valence-corrected chi connectivity index (χ0v) is 9.06. The molecule has 0 saturated heterocycles. The number of ether oxygens (including phenoxy) is 1. The van der Waals surface area contributed by atoms with Crippen molar-refractivity contribution in [1.82, 2.24) is 4.98 Å². The second-order valence-electron chi connectivity index (χ2n) is 4.24. The lowest BCUT2D eigenvalue weighted by Crippen LogP contribution is -2.03. The van der Waals surface area contributed by atoms with Gasteiger partial charge >= 0.3 is 0 Å². The molecule has 1 aliphatic rings. The molecule has 0 radical (unpaired) electrons. The van der Waals surface area contributed by atoms with E-state index in [-0.39, 0.29) is 0 Å². The van der Waals surface area contributed by atoms with Crippen LogP contribution >= 0.6 is 0 Å². The second kappa shape index (κ2) is 4.01. The van der Waals surface area contributed by atoms with E-state index in [9.17, 15) is 4.79 Å². The highest BCUT2D eigenvalue weighted by Crippen LogP contribution is 2.32. The minimum Gasteiger partial charge on any atom is -0.489 e. The third-order valence-corrected chi connectivity index (χ3v) is 2.48. The number of rotatable bonds is 4. The molecule has 1 aliphatic carbocycles. The summed E-state index contributed by atoms with van der Waals surface area (Å²) < 4.78 is 5.74. The molecule has 3 nitrogen and oxygen atoms in total.